The second-order valence-electron chi connectivity index (χ2n) is 4.03. The molecular weight excluding hydrogens is 300 g/mol. The Balaban J connectivity index is 1.87. The first-order valence-corrected chi connectivity index (χ1v) is 6.58. The molecule has 1 saturated heterocycles. The van der Waals surface area contributed by atoms with Gasteiger partial charge in [0.15, 0.2) is 17.8 Å². The van der Waals surface area contributed by atoms with E-state index in [1.54, 1.807) is 6.07 Å². The Morgan fingerprint density at radius 1 is 1.28 bits per heavy atom. The van der Waals surface area contributed by atoms with E-state index in [0.29, 0.717) is 16.8 Å². The molecule has 0 saturated carbocycles. The molecule has 0 amide bonds. The molecule has 4 nitrogen and oxygen atoms in total. The van der Waals surface area contributed by atoms with Crippen molar-refractivity contribution in [2.75, 3.05) is 19.7 Å². The fraction of sp³-hybridized carbons (Fsp3) is 0.538. The van der Waals surface area contributed by atoms with Gasteiger partial charge in [-0.1, -0.05) is 0 Å². The monoisotopic (exact) mass is 318 g/mol. The van der Waals surface area contributed by atoms with Crippen LogP contribution in [0.15, 0.2) is 16.6 Å². The standard InChI is InChI=1S/C13H15BrO4/c14-12-9(18-11-3-1-2-6-16-11)4-5-10-13(12)17-8-7-15-10/h4-5,11H,1-3,6-8H2/i7D2,8D2. The molecule has 98 valence electrons. The molecule has 0 bridgehead atoms. The van der Waals surface area contributed by atoms with Crippen molar-refractivity contribution in [2.24, 2.45) is 0 Å². The topological polar surface area (TPSA) is 36.9 Å². The lowest BCUT2D eigenvalue weighted by molar-refractivity contribution is -0.106. The fourth-order valence-electron chi connectivity index (χ4n) is 1.88. The number of rotatable bonds is 2. The smallest absolute Gasteiger partial charge is 0.199 e. The molecule has 1 fully saturated rings. The third kappa shape index (κ3) is 2.42. The van der Waals surface area contributed by atoms with Crippen LogP contribution in [0.2, 0.25) is 0 Å². The third-order valence-corrected chi connectivity index (χ3v) is 3.53. The summed E-state index contributed by atoms with van der Waals surface area (Å²) in [6.45, 7) is -4.54. The number of hydrogen-bond donors (Lipinski definition) is 0. The Labute approximate surface area is 120 Å². The average molecular weight is 319 g/mol. The van der Waals surface area contributed by atoms with E-state index in [0.717, 1.165) is 19.3 Å². The zero-order chi connectivity index (χ0) is 16.0. The predicted molar refractivity (Wildman–Crippen MR) is 69.4 cm³/mol. The van der Waals surface area contributed by atoms with Crippen molar-refractivity contribution in [1.82, 2.24) is 0 Å². The van der Waals surface area contributed by atoms with Crippen LogP contribution in [0, 0.1) is 0 Å². The maximum absolute atomic E-state index is 7.64. The summed E-state index contributed by atoms with van der Waals surface area (Å²) in [5.41, 5.74) is 0. The van der Waals surface area contributed by atoms with Crippen molar-refractivity contribution in [2.45, 2.75) is 25.6 Å². The van der Waals surface area contributed by atoms with Crippen LogP contribution in [0.3, 0.4) is 0 Å². The number of halogens is 1. The minimum absolute atomic E-state index is 0.0773. The van der Waals surface area contributed by atoms with Gasteiger partial charge in [-0.3, -0.25) is 0 Å². The second kappa shape index (κ2) is 5.36. The van der Waals surface area contributed by atoms with Gasteiger partial charge < -0.3 is 18.9 Å². The Hall–Kier alpha value is -0.940. The number of hydrogen-bond acceptors (Lipinski definition) is 4. The van der Waals surface area contributed by atoms with Gasteiger partial charge in [0, 0.05) is 6.42 Å². The van der Waals surface area contributed by atoms with Gasteiger partial charge in [0.05, 0.1) is 12.1 Å². The summed E-state index contributed by atoms with van der Waals surface area (Å²) in [6, 6.07) is 3.10. The molecule has 0 spiro atoms. The zero-order valence-corrected chi connectivity index (χ0v) is 11.2. The number of benzene rings is 1. The van der Waals surface area contributed by atoms with E-state index in [1.165, 1.54) is 6.07 Å². The highest BCUT2D eigenvalue weighted by atomic mass is 79.9. The van der Waals surface area contributed by atoms with Crippen LogP contribution in [0.4, 0.5) is 0 Å². The maximum atomic E-state index is 7.64. The first kappa shape index (κ1) is 8.27. The van der Waals surface area contributed by atoms with Crippen molar-refractivity contribution in [3.8, 4) is 17.2 Å². The SMILES string of the molecule is [2H]C1([2H])Oc2ccc(OC3CCCCO3)c(Br)c2OC1([2H])[2H]. The minimum atomic E-state index is -2.61. The van der Waals surface area contributed by atoms with Crippen LogP contribution in [0.5, 0.6) is 17.2 Å². The zero-order valence-electron chi connectivity index (χ0n) is 13.6. The average Bonchev–Trinajstić information content (AvgIpc) is 2.45. The Morgan fingerprint density at radius 3 is 3.00 bits per heavy atom. The van der Waals surface area contributed by atoms with E-state index in [4.69, 9.17) is 24.4 Å². The molecule has 0 aliphatic carbocycles. The molecule has 0 radical (unpaired) electrons. The van der Waals surface area contributed by atoms with Gasteiger partial charge in [-0.2, -0.15) is 0 Å². The quantitative estimate of drug-likeness (QED) is 0.839. The highest BCUT2D eigenvalue weighted by molar-refractivity contribution is 9.10. The van der Waals surface area contributed by atoms with Crippen LogP contribution < -0.4 is 14.2 Å². The Bertz CT molecular complexity index is 575. The first-order valence-electron chi connectivity index (χ1n) is 7.79. The normalized spacial score (nSPS) is 31.5. The molecule has 1 atom stereocenters. The van der Waals surface area contributed by atoms with Crippen LogP contribution in [-0.4, -0.2) is 26.0 Å². The van der Waals surface area contributed by atoms with E-state index in [-0.39, 0.29) is 17.8 Å². The summed E-state index contributed by atoms with van der Waals surface area (Å²) in [4.78, 5) is 0. The van der Waals surface area contributed by atoms with Gasteiger partial charge >= 0.3 is 0 Å². The van der Waals surface area contributed by atoms with E-state index >= 15 is 0 Å². The van der Waals surface area contributed by atoms with E-state index in [1.807, 2.05) is 0 Å². The summed E-state index contributed by atoms with van der Waals surface area (Å²) in [5.74, 6) is 0.629. The summed E-state index contributed by atoms with van der Waals surface area (Å²) in [7, 11) is 0. The predicted octanol–water partition coefficient (Wildman–Crippen LogP) is 3.13. The van der Waals surface area contributed by atoms with E-state index in [2.05, 4.69) is 15.9 Å². The van der Waals surface area contributed by atoms with Gasteiger partial charge in [0.2, 0.25) is 0 Å². The van der Waals surface area contributed by atoms with Crippen molar-refractivity contribution >= 4 is 15.9 Å². The first-order chi connectivity index (χ1) is 10.3. The summed E-state index contributed by atoms with van der Waals surface area (Å²) < 4.78 is 52.3. The molecule has 5 heteroatoms. The highest BCUT2D eigenvalue weighted by Crippen LogP contribution is 2.43. The molecule has 3 rings (SSSR count). The minimum Gasteiger partial charge on any atom is -0.486 e. The molecule has 1 aromatic rings. The number of fused-ring (bicyclic) bond motifs is 1. The maximum Gasteiger partial charge on any atom is 0.199 e. The molecule has 1 unspecified atom stereocenters. The molecule has 0 N–H and O–H groups in total. The van der Waals surface area contributed by atoms with Gasteiger partial charge in [0.25, 0.3) is 0 Å². The summed E-state index contributed by atoms with van der Waals surface area (Å²) in [5, 5.41) is 0. The highest BCUT2D eigenvalue weighted by Gasteiger charge is 2.22. The van der Waals surface area contributed by atoms with Crippen LogP contribution in [-0.2, 0) is 4.74 Å². The van der Waals surface area contributed by atoms with Crippen LogP contribution in [0.25, 0.3) is 0 Å². The Kier molecular flexibility index (Phi) is 2.47. The molecule has 0 aromatic heterocycles. The van der Waals surface area contributed by atoms with Gasteiger partial charge in [-0.25, -0.2) is 0 Å². The lowest BCUT2D eigenvalue weighted by Crippen LogP contribution is -2.25. The number of ether oxygens (including phenoxy) is 4. The fourth-order valence-corrected chi connectivity index (χ4v) is 2.38. The van der Waals surface area contributed by atoms with Crippen LogP contribution in [0.1, 0.15) is 24.7 Å². The van der Waals surface area contributed by atoms with Gasteiger partial charge in [-0.15, -0.1) is 0 Å². The molecule has 2 heterocycles. The lowest BCUT2D eigenvalue weighted by Gasteiger charge is -2.25. The third-order valence-electron chi connectivity index (χ3n) is 2.78. The Morgan fingerprint density at radius 2 is 2.17 bits per heavy atom. The second-order valence-corrected chi connectivity index (χ2v) is 4.82. The summed E-state index contributed by atoms with van der Waals surface area (Å²) in [6.07, 6.45) is 2.47. The van der Waals surface area contributed by atoms with E-state index < -0.39 is 13.1 Å². The van der Waals surface area contributed by atoms with Gasteiger partial charge in [0.1, 0.15) is 23.3 Å². The molecule has 1 aromatic carbocycles. The van der Waals surface area contributed by atoms with Crippen molar-refractivity contribution < 1.29 is 24.4 Å². The van der Waals surface area contributed by atoms with Crippen LogP contribution >= 0.6 is 15.9 Å². The molecular formula is C13H15BrO4. The lowest BCUT2D eigenvalue weighted by atomic mass is 10.2. The van der Waals surface area contributed by atoms with Crippen molar-refractivity contribution in [3.63, 3.8) is 0 Å². The summed E-state index contributed by atoms with van der Waals surface area (Å²) >= 11 is 3.31. The largest absolute Gasteiger partial charge is 0.486 e. The molecule has 2 aliphatic rings. The van der Waals surface area contributed by atoms with Crippen molar-refractivity contribution in [3.05, 3.63) is 16.6 Å². The molecule has 18 heavy (non-hydrogen) atoms. The van der Waals surface area contributed by atoms with Gasteiger partial charge in [-0.05, 0) is 40.9 Å². The molecule has 2 aliphatic heterocycles. The van der Waals surface area contributed by atoms with Crippen molar-refractivity contribution in [1.29, 1.82) is 0 Å². The van der Waals surface area contributed by atoms with E-state index in [9.17, 15) is 0 Å².